The molecule has 0 unspecified atom stereocenters. The number of aryl methyl sites for hydroxylation is 3. The molecule has 12 aromatic carbocycles. The molecule has 115 heavy (non-hydrogen) atoms. The van der Waals surface area contributed by atoms with Crippen LogP contribution in [0.15, 0.2) is 328 Å². The summed E-state index contributed by atoms with van der Waals surface area (Å²) in [6.45, 7) is 19.6. The van der Waals surface area contributed by atoms with Gasteiger partial charge in [0.25, 0.3) is 0 Å². The van der Waals surface area contributed by atoms with Gasteiger partial charge in [0.1, 0.15) is 6.33 Å². The van der Waals surface area contributed by atoms with Crippen LogP contribution >= 0.6 is 0 Å². The average molecular weight is 1480 g/mol. The molecule has 0 fully saturated rings. The molecule has 0 bridgehead atoms. The summed E-state index contributed by atoms with van der Waals surface area (Å²) in [5, 5.41) is 29.2. The van der Waals surface area contributed by atoms with Crippen LogP contribution in [0, 0.1) is 20.8 Å². The molecule has 0 N–H and O–H groups in total. The Balaban J connectivity index is 0.000000154. The summed E-state index contributed by atoms with van der Waals surface area (Å²) in [6.07, 6.45) is 8.52. The average Bonchev–Trinajstić information content (AvgIpc) is 0.755. The van der Waals surface area contributed by atoms with Crippen molar-refractivity contribution in [2.45, 2.75) is 73.1 Å². The Bertz CT molecular complexity index is 6310. The van der Waals surface area contributed by atoms with Crippen molar-refractivity contribution in [3.63, 3.8) is 0 Å². The molecule has 6 heterocycles. The minimum Gasteiger partial charge on any atom is -0.871 e. The summed E-state index contributed by atoms with van der Waals surface area (Å²) < 4.78 is 0. The molecule has 0 radical (unpaired) electrons. The Hall–Kier alpha value is -13.0. The van der Waals surface area contributed by atoms with Gasteiger partial charge in [0.2, 0.25) is 0 Å². The second-order valence-electron chi connectivity index (χ2n) is 30.0. The van der Waals surface area contributed by atoms with Gasteiger partial charge in [-0.2, -0.15) is 0 Å². The van der Waals surface area contributed by atoms with E-state index in [9.17, 15) is 10.2 Å². The van der Waals surface area contributed by atoms with E-state index in [1.54, 1.807) is 30.9 Å². The van der Waals surface area contributed by atoms with E-state index >= 15 is 0 Å². The Morgan fingerprint density at radius 2 is 0.661 bits per heavy atom. The molecule has 0 aliphatic carbocycles. The van der Waals surface area contributed by atoms with Crippen LogP contribution < -0.4 is 47.9 Å². The van der Waals surface area contributed by atoms with Crippen LogP contribution in [0.2, 0.25) is 0 Å². The van der Waals surface area contributed by atoms with Gasteiger partial charge in [-0.3, -0.25) is 15.0 Å². The van der Waals surface area contributed by atoms with Gasteiger partial charge in [0.15, 0.2) is 34.9 Å². The van der Waals surface area contributed by atoms with Crippen molar-refractivity contribution in [1.82, 2.24) is 54.8 Å². The van der Waals surface area contributed by atoms with Crippen molar-refractivity contribution >= 4 is 43.4 Å². The zero-order chi connectivity index (χ0) is 78.2. The number of pyridine rings is 3. The molecule has 0 saturated carbocycles. The maximum Gasteiger partial charge on any atom is 1.00 e. The maximum atomic E-state index is 11.3. The number of fused-ring (bicyclic) bond motifs is 5. The molecule has 18 rings (SSSR count). The number of hydrogen-bond donors (Lipinski definition) is 0. The van der Waals surface area contributed by atoms with Crippen LogP contribution in [0.5, 0.6) is 11.5 Å². The van der Waals surface area contributed by atoms with E-state index in [0.717, 1.165) is 106 Å². The number of nitrogens with zero attached hydrogens (tertiary/aromatic N) is 11. The molecule has 550 valence electrons. The van der Waals surface area contributed by atoms with Gasteiger partial charge < -0.3 is 10.2 Å². The molecule has 0 amide bonds. The van der Waals surface area contributed by atoms with Crippen LogP contribution in [0.1, 0.15) is 69.6 Å². The fourth-order valence-corrected chi connectivity index (χ4v) is 13.8. The van der Waals surface area contributed by atoms with Crippen LogP contribution in [-0.4, -0.2) is 54.8 Å². The minimum absolute atomic E-state index is 0. The fraction of sp³-hybridized carbons (Fsp3) is 0.110. The van der Waals surface area contributed by atoms with Crippen molar-refractivity contribution in [2.75, 3.05) is 0 Å². The van der Waals surface area contributed by atoms with Gasteiger partial charge in [0.05, 0.1) is 11.0 Å². The molecule has 0 saturated heterocycles. The number of aromatic nitrogens is 11. The van der Waals surface area contributed by atoms with E-state index < -0.39 is 0 Å². The largest absolute Gasteiger partial charge is 1.00 e. The minimum atomic E-state index is -0.0110. The Kier molecular flexibility index (Phi) is 24.6. The zero-order valence-electron chi connectivity index (χ0n) is 66.4. The SMILES string of the molecule is CC(C)(C)c1cc(-c2cc(-c3cncnc3)cc(-c3nc(-c4ccccc4)nc(-c4ccccc4)n3)c2)cc(C(C)(C)C)c1.Cc1cc([O-])c2ncccc2c1.Cc1ccc(-c2cc(-c3nc(-c4ccccc4)nc(-c4ccccc4)n3)cc(-c3cc4ccccc4c4ccccc34)c2)c(C)n1.[Li+].[Li+].[O-]c1cccc2cccnc12. The van der Waals surface area contributed by atoms with Crippen molar-refractivity contribution in [3.8, 4) is 124 Å². The molecule has 0 atom stereocenters. The van der Waals surface area contributed by atoms with E-state index in [4.69, 9.17) is 34.9 Å². The standard InChI is InChI=1S/C42H30N4.C39H37N5.C10H9NO.C9H7NO.2Li/c1-27-21-22-35(28(2)43-27)32-23-33(39-26-31-17-9-10-18-36(31)37-19-11-12-20-38(37)39)25-34(24-32)42-45-40(29-13-5-3-6-14-29)44-41(46-42)30-15-7-4-8-16-30;1-38(2,3)33-20-30(21-34(22-33)39(4,5)6)28-17-29(32-23-40-25-41-24-32)19-31(18-28)37-43-35(26-13-9-7-10-14-26)42-36(44-37)27-15-11-8-12-16-27;1-7-5-8-3-2-4-11-10(8)9(12)6-7;11-8-5-1-3-7-4-2-6-10-9(7)8;;/h3-26H,1-2H3;7-25H,1-6H3;2-6,12H,1H3;1-6,11H;;/q;;;;2*+1/p-2. The quantitative estimate of drug-likeness (QED) is 0.0930. The molecule has 13 nitrogen and oxygen atoms in total. The third kappa shape index (κ3) is 18.7. The molecular weight excluding hydrogens is 1400 g/mol. The normalized spacial score (nSPS) is 11.1. The van der Waals surface area contributed by atoms with E-state index in [0.29, 0.717) is 46.0 Å². The molecule has 0 spiro atoms. The van der Waals surface area contributed by atoms with E-state index in [1.807, 2.05) is 184 Å². The Labute approximate surface area is 695 Å². The number of para-hydroxylation sites is 1. The van der Waals surface area contributed by atoms with Crippen molar-refractivity contribution in [2.24, 2.45) is 0 Å². The fourth-order valence-electron chi connectivity index (χ4n) is 13.8. The van der Waals surface area contributed by atoms with Gasteiger partial charge in [0, 0.05) is 80.7 Å². The molecule has 18 aromatic rings. The summed E-state index contributed by atoms with van der Waals surface area (Å²) in [6, 6.07) is 100. The van der Waals surface area contributed by atoms with Crippen LogP contribution in [0.3, 0.4) is 0 Å². The third-order valence-electron chi connectivity index (χ3n) is 19.7. The summed E-state index contributed by atoms with van der Waals surface area (Å²) in [7, 11) is 0. The van der Waals surface area contributed by atoms with Gasteiger partial charge >= 0.3 is 37.7 Å². The predicted molar refractivity (Wildman–Crippen MR) is 456 cm³/mol. The van der Waals surface area contributed by atoms with E-state index in [-0.39, 0.29) is 60.1 Å². The van der Waals surface area contributed by atoms with Crippen LogP contribution in [0.4, 0.5) is 0 Å². The van der Waals surface area contributed by atoms with Crippen LogP contribution in [-0.2, 0) is 10.8 Å². The first-order chi connectivity index (χ1) is 54.8. The monoisotopic (exact) mass is 1480 g/mol. The zero-order valence-corrected chi connectivity index (χ0v) is 66.4. The van der Waals surface area contributed by atoms with Gasteiger partial charge in [-0.05, 0) is 175 Å². The smallest absolute Gasteiger partial charge is 0.871 e. The first-order valence-corrected chi connectivity index (χ1v) is 37.7. The molecule has 0 aliphatic rings. The number of hydrogen-bond acceptors (Lipinski definition) is 13. The topological polar surface area (TPSA) is 188 Å². The number of rotatable bonds is 10. The Morgan fingerprint density at radius 3 is 1.16 bits per heavy atom. The summed E-state index contributed by atoms with van der Waals surface area (Å²) in [4.78, 5) is 51.5. The summed E-state index contributed by atoms with van der Waals surface area (Å²) >= 11 is 0. The van der Waals surface area contributed by atoms with Gasteiger partial charge in [-0.1, -0.05) is 289 Å². The van der Waals surface area contributed by atoms with E-state index in [2.05, 4.69) is 190 Å². The number of benzene rings is 12. The molecule has 6 aromatic heterocycles. The Morgan fingerprint density at radius 1 is 0.270 bits per heavy atom. The summed E-state index contributed by atoms with van der Waals surface area (Å²) in [5.41, 5.74) is 20.8. The maximum absolute atomic E-state index is 11.3. The first-order valence-electron chi connectivity index (χ1n) is 37.7. The van der Waals surface area contributed by atoms with Crippen molar-refractivity contribution in [1.29, 1.82) is 0 Å². The van der Waals surface area contributed by atoms with Crippen molar-refractivity contribution in [3.05, 3.63) is 356 Å². The first kappa shape index (κ1) is 80.1. The predicted octanol–water partition coefficient (Wildman–Crippen LogP) is 17.0. The molecular formula is C100H81Li2N11O2. The summed E-state index contributed by atoms with van der Waals surface area (Å²) in [5.74, 6) is 3.78. The molecule has 0 aliphatic heterocycles. The third-order valence-corrected chi connectivity index (χ3v) is 19.7. The van der Waals surface area contributed by atoms with Gasteiger partial charge in [-0.25, -0.2) is 39.9 Å². The van der Waals surface area contributed by atoms with E-state index in [1.165, 1.54) is 38.7 Å². The van der Waals surface area contributed by atoms with Gasteiger partial charge in [-0.15, -0.1) is 0 Å². The molecule has 15 heteroatoms. The second-order valence-corrected chi connectivity index (χ2v) is 30.0. The van der Waals surface area contributed by atoms with Crippen molar-refractivity contribution < 1.29 is 47.9 Å². The second kappa shape index (κ2) is 35.4. The van der Waals surface area contributed by atoms with Crippen LogP contribution in [0.25, 0.3) is 156 Å².